The molecule has 0 unspecified atom stereocenters. The fourth-order valence-corrected chi connectivity index (χ4v) is 2.72. The van der Waals surface area contributed by atoms with E-state index in [0.29, 0.717) is 12.8 Å². The Morgan fingerprint density at radius 3 is 2.45 bits per heavy atom. The molecule has 3 N–H and O–H groups in total. The minimum Gasteiger partial charge on any atom is -0.392 e. The highest BCUT2D eigenvalue weighted by molar-refractivity contribution is 7.80. The lowest BCUT2D eigenvalue weighted by molar-refractivity contribution is -0.122. The van der Waals surface area contributed by atoms with E-state index in [0.717, 1.165) is 24.1 Å². The van der Waals surface area contributed by atoms with Gasteiger partial charge in [-0.15, -0.1) is 0 Å². The predicted molar refractivity (Wildman–Crippen MR) is 86.6 cm³/mol. The van der Waals surface area contributed by atoms with Crippen LogP contribution < -0.4 is 11.1 Å². The summed E-state index contributed by atoms with van der Waals surface area (Å²) >= 11 is 5.19. The third-order valence-corrected chi connectivity index (χ3v) is 3.92. The van der Waals surface area contributed by atoms with Gasteiger partial charge in [-0.2, -0.15) is 0 Å². The monoisotopic (exact) mass is 293 g/mol. The van der Waals surface area contributed by atoms with E-state index in [9.17, 15) is 4.79 Å². The number of carbonyl (C=O) groups excluding carboxylic acids is 1. The first-order valence-corrected chi connectivity index (χ1v) is 7.40. The van der Waals surface area contributed by atoms with Crippen LogP contribution in [-0.4, -0.2) is 15.9 Å². The molecule has 0 aliphatic heterocycles. The fraction of sp³-hybridized carbons (Fsp3) is 0.533. The molecule has 110 valence electrons. The summed E-state index contributed by atoms with van der Waals surface area (Å²) in [7, 11) is 0. The van der Waals surface area contributed by atoms with E-state index < -0.39 is 5.41 Å². The van der Waals surface area contributed by atoms with Crippen LogP contribution in [0.3, 0.4) is 0 Å². The molecule has 0 radical (unpaired) electrons. The number of hydrogen-bond acceptors (Lipinski definition) is 3. The number of amides is 1. The lowest BCUT2D eigenvalue weighted by Gasteiger charge is -2.31. The quantitative estimate of drug-likeness (QED) is 0.758. The topological polar surface area (TPSA) is 68.0 Å². The highest BCUT2D eigenvalue weighted by atomic mass is 32.1. The summed E-state index contributed by atoms with van der Waals surface area (Å²) in [6.07, 6.45) is 6.45. The number of pyridine rings is 1. The maximum absolute atomic E-state index is 12.7. The van der Waals surface area contributed by atoms with Gasteiger partial charge in [-0.3, -0.25) is 9.78 Å². The number of anilines is 1. The zero-order chi connectivity index (χ0) is 15.2. The highest BCUT2D eigenvalue weighted by Crippen LogP contribution is 2.32. The minimum absolute atomic E-state index is 0.108. The molecule has 5 heteroatoms. The van der Waals surface area contributed by atoms with E-state index in [2.05, 4.69) is 10.3 Å². The molecule has 0 saturated heterocycles. The number of hydrogen-bond donors (Lipinski definition) is 2. The van der Waals surface area contributed by atoms with Crippen molar-refractivity contribution >= 4 is 28.8 Å². The molecule has 20 heavy (non-hydrogen) atoms. The van der Waals surface area contributed by atoms with Gasteiger partial charge in [0, 0.05) is 18.1 Å². The Morgan fingerprint density at radius 1 is 1.40 bits per heavy atom. The number of carbonyl (C=O) groups is 1. The molecule has 0 saturated carbocycles. The Bertz CT molecular complexity index is 482. The second-order valence-corrected chi connectivity index (χ2v) is 5.53. The molecule has 0 bridgehead atoms. The molecule has 1 aromatic heterocycles. The molecule has 0 fully saturated rings. The zero-order valence-corrected chi connectivity index (χ0v) is 13.2. The van der Waals surface area contributed by atoms with Crippen molar-refractivity contribution in [3.8, 4) is 0 Å². The van der Waals surface area contributed by atoms with Crippen molar-refractivity contribution < 1.29 is 4.79 Å². The number of nitrogens with zero attached hydrogens (tertiary/aromatic N) is 1. The van der Waals surface area contributed by atoms with Gasteiger partial charge in [0.25, 0.3) is 0 Å². The second-order valence-electron chi connectivity index (χ2n) is 5.09. The number of nitrogens with two attached hydrogens (primary N) is 1. The van der Waals surface area contributed by atoms with Gasteiger partial charge in [-0.25, -0.2) is 0 Å². The van der Waals surface area contributed by atoms with Crippen LogP contribution in [0.5, 0.6) is 0 Å². The van der Waals surface area contributed by atoms with Crippen LogP contribution in [0.4, 0.5) is 5.69 Å². The third kappa shape index (κ3) is 3.54. The lowest BCUT2D eigenvalue weighted by atomic mass is 9.78. The van der Waals surface area contributed by atoms with Gasteiger partial charge >= 0.3 is 0 Å². The molecule has 0 atom stereocenters. The standard InChI is InChI=1S/C15H23N3OS/c1-4-7-15(8-5-2,13(16)20)14(19)18-12-6-9-17-10-11(12)3/h6,9-10H,4-5,7-8H2,1-3H3,(H2,16,20)(H,17,18,19). The minimum atomic E-state index is -0.755. The van der Waals surface area contributed by atoms with Gasteiger partial charge in [0.05, 0.1) is 10.4 Å². The summed E-state index contributed by atoms with van der Waals surface area (Å²) in [4.78, 5) is 17.0. The Morgan fingerprint density at radius 2 is 2.00 bits per heavy atom. The molecule has 4 nitrogen and oxygen atoms in total. The molecule has 1 amide bonds. The number of rotatable bonds is 7. The van der Waals surface area contributed by atoms with E-state index in [1.807, 2.05) is 20.8 Å². The van der Waals surface area contributed by atoms with Crippen molar-refractivity contribution in [3.05, 3.63) is 24.0 Å². The summed E-state index contributed by atoms with van der Waals surface area (Å²) < 4.78 is 0. The summed E-state index contributed by atoms with van der Waals surface area (Å²) in [5.74, 6) is -0.108. The van der Waals surface area contributed by atoms with Crippen LogP contribution in [0.25, 0.3) is 0 Å². The Balaban J connectivity index is 3.05. The van der Waals surface area contributed by atoms with E-state index in [1.165, 1.54) is 0 Å². The molecule has 1 aromatic rings. The van der Waals surface area contributed by atoms with Crippen LogP contribution in [-0.2, 0) is 4.79 Å². The van der Waals surface area contributed by atoms with Crippen LogP contribution in [0.1, 0.15) is 45.1 Å². The smallest absolute Gasteiger partial charge is 0.237 e. The first-order chi connectivity index (χ1) is 9.47. The average molecular weight is 293 g/mol. The molecular weight excluding hydrogens is 270 g/mol. The third-order valence-electron chi connectivity index (χ3n) is 3.53. The normalized spacial score (nSPS) is 11.2. The Kier molecular flexibility index (Phi) is 6.07. The van der Waals surface area contributed by atoms with Gasteiger partial charge in [-0.1, -0.05) is 38.9 Å². The van der Waals surface area contributed by atoms with Crippen molar-refractivity contribution in [2.24, 2.45) is 11.1 Å². The van der Waals surface area contributed by atoms with E-state index in [4.69, 9.17) is 18.0 Å². The average Bonchev–Trinajstić information content (AvgIpc) is 2.40. The van der Waals surface area contributed by atoms with Gasteiger partial charge in [0.1, 0.15) is 0 Å². The Hall–Kier alpha value is -1.49. The molecule has 0 aliphatic carbocycles. The predicted octanol–water partition coefficient (Wildman–Crippen LogP) is 3.20. The van der Waals surface area contributed by atoms with Crippen LogP contribution >= 0.6 is 12.2 Å². The van der Waals surface area contributed by atoms with Crippen LogP contribution in [0.15, 0.2) is 18.5 Å². The SMILES string of the molecule is CCCC(CCC)(C(=O)Nc1ccncc1C)C(N)=S. The summed E-state index contributed by atoms with van der Waals surface area (Å²) in [6.45, 7) is 5.98. The first-order valence-electron chi connectivity index (χ1n) is 7.00. The second kappa shape index (κ2) is 7.33. The molecule has 0 aromatic carbocycles. The van der Waals surface area contributed by atoms with Crippen molar-refractivity contribution in [2.75, 3.05) is 5.32 Å². The number of nitrogens with one attached hydrogen (secondary N) is 1. The fourth-order valence-electron chi connectivity index (χ4n) is 2.42. The summed E-state index contributed by atoms with van der Waals surface area (Å²) in [6, 6.07) is 1.79. The maximum Gasteiger partial charge on any atom is 0.237 e. The van der Waals surface area contributed by atoms with E-state index in [1.54, 1.807) is 18.5 Å². The number of aromatic nitrogens is 1. The van der Waals surface area contributed by atoms with Crippen molar-refractivity contribution in [3.63, 3.8) is 0 Å². The highest BCUT2D eigenvalue weighted by Gasteiger charge is 2.39. The molecular formula is C15H23N3OS. The molecule has 1 heterocycles. The van der Waals surface area contributed by atoms with E-state index in [-0.39, 0.29) is 10.9 Å². The van der Waals surface area contributed by atoms with Crippen molar-refractivity contribution in [2.45, 2.75) is 46.5 Å². The van der Waals surface area contributed by atoms with Gasteiger partial charge in [0.2, 0.25) is 5.91 Å². The molecule has 1 rings (SSSR count). The van der Waals surface area contributed by atoms with Crippen molar-refractivity contribution in [1.82, 2.24) is 4.98 Å². The summed E-state index contributed by atoms with van der Waals surface area (Å²) in [5.41, 5.74) is 6.82. The van der Waals surface area contributed by atoms with E-state index >= 15 is 0 Å². The maximum atomic E-state index is 12.7. The molecule has 0 spiro atoms. The van der Waals surface area contributed by atoms with Crippen LogP contribution in [0, 0.1) is 12.3 Å². The lowest BCUT2D eigenvalue weighted by Crippen LogP contribution is -2.46. The van der Waals surface area contributed by atoms with Gasteiger partial charge in [0.15, 0.2) is 0 Å². The summed E-state index contributed by atoms with van der Waals surface area (Å²) in [5, 5.41) is 2.96. The largest absolute Gasteiger partial charge is 0.392 e. The Labute approximate surface area is 126 Å². The van der Waals surface area contributed by atoms with Gasteiger partial charge in [-0.05, 0) is 31.4 Å². The first kappa shape index (κ1) is 16.6. The van der Waals surface area contributed by atoms with Gasteiger partial charge < -0.3 is 11.1 Å². The zero-order valence-electron chi connectivity index (χ0n) is 12.4. The number of aryl methyl sites for hydroxylation is 1. The molecule has 0 aliphatic rings. The van der Waals surface area contributed by atoms with Crippen LogP contribution in [0.2, 0.25) is 0 Å². The van der Waals surface area contributed by atoms with Crippen molar-refractivity contribution in [1.29, 1.82) is 0 Å². The number of thiocarbonyl (C=S) groups is 1.